The maximum absolute atomic E-state index is 5.81. The molecule has 1 fully saturated rings. The van der Waals surface area contributed by atoms with E-state index >= 15 is 0 Å². The molecule has 0 bridgehead atoms. The molecule has 0 amide bonds. The first-order valence-electron chi connectivity index (χ1n) is 6.00. The van der Waals surface area contributed by atoms with Gasteiger partial charge in [-0.2, -0.15) is 4.98 Å². The van der Waals surface area contributed by atoms with Gasteiger partial charge in [0.15, 0.2) is 0 Å². The quantitative estimate of drug-likeness (QED) is 0.824. The Morgan fingerprint density at radius 2 is 2.24 bits per heavy atom. The standard InChI is InChI=1S/C12H20N4O/c1-13-8-9-6-10(7-9)17-11-4-5-14-12(15-11)16(2)3/h4-5,9-10,13H,6-8H2,1-3H3. The van der Waals surface area contributed by atoms with E-state index in [-0.39, 0.29) is 0 Å². The largest absolute Gasteiger partial charge is 0.474 e. The van der Waals surface area contributed by atoms with E-state index in [0.717, 1.165) is 25.3 Å². The molecule has 1 heterocycles. The Bertz CT molecular complexity index is 363. The molecule has 2 rings (SSSR count). The number of hydrogen-bond donors (Lipinski definition) is 1. The summed E-state index contributed by atoms with van der Waals surface area (Å²) >= 11 is 0. The first-order valence-corrected chi connectivity index (χ1v) is 6.00. The minimum absolute atomic E-state index is 0.318. The monoisotopic (exact) mass is 236 g/mol. The Morgan fingerprint density at radius 3 is 2.88 bits per heavy atom. The van der Waals surface area contributed by atoms with E-state index in [9.17, 15) is 0 Å². The van der Waals surface area contributed by atoms with Crippen LogP contribution in [0.5, 0.6) is 5.88 Å². The van der Waals surface area contributed by atoms with Crippen molar-refractivity contribution in [3.63, 3.8) is 0 Å². The Morgan fingerprint density at radius 1 is 1.47 bits per heavy atom. The van der Waals surface area contributed by atoms with Gasteiger partial charge >= 0.3 is 0 Å². The van der Waals surface area contributed by atoms with Crippen molar-refractivity contribution in [2.24, 2.45) is 5.92 Å². The van der Waals surface area contributed by atoms with Gasteiger partial charge in [0.25, 0.3) is 0 Å². The average molecular weight is 236 g/mol. The van der Waals surface area contributed by atoms with Gasteiger partial charge in [-0.05, 0) is 32.4 Å². The van der Waals surface area contributed by atoms with Gasteiger partial charge in [-0.15, -0.1) is 0 Å². The number of rotatable bonds is 5. The van der Waals surface area contributed by atoms with E-state index in [4.69, 9.17) is 4.74 Å². The van der Waals surface area contributed by atoms with Crippen molar-refractivity contribution >= 4 is 5.95 Å². The molecule has 1 N–H and O–H groups in total. The Kier molecular flexibility index (Phi) is 3.78. The van der Waals surface area contributed by atoms with E-state index in [1.165, 1.54) is 0 Å². The molecule has 0 atom stereocenters. The highest BCUT2D eigenvalue weighted by atomic mass is 16.5. The van der Waals surface area contributed by atoms with Gasteiger partial charge in [0, 0.05) is 26.4 Å². The third-order valence-electron chi connectivity index (χ3n) is 2.99. The molecule has 1 aliphatic rings. The van der Waals surface area contributed by atoms with Crippen LogP contribution in [0.25, 0.3) is 0 Å². The van der Waals surface area contributed by atoms with Gasteiger partial charge in [0.1, 0.15) is 6.10 Å². The molecule has 0 aromatic carbocycles. The minimum atomic E-state index is 0.318. The number of nitrogens with zero attached hydrogens (tertiary/aromatic N) is 3. The molecule has 5 heteroatoms. The molecule has 1 aliphatic carbocycles. The summed E-state index contributed by atoms with van der Waals surface area (Å²) in [4.78, 5) is 10.4. The van der Waals surface area contributed by atoms with Crippen LogP contribution >= 0.6 is 0 Å². The van der Waals surface area contributed by atoms with Crippen LogP contribution in [0.3, 0.4) is 0 Å². The second-order valence-corrected chi connectivity index (χ2v) is 4.72. The molecule has 1 aromatic heterocycles. The summed E-state index contributed by atoms with van der Waals surface area (Å²) in [5.74, 6) is 2.12. The van der Waals surface area contributed by atoms with Gasteiger partial charge < -0.3 is 15.0 Å². The first kappa shape index (κ1) is 12.1. The Labute approximate surface area is 102 Å². The average Bonchev–Trinajstić information content (AvgIpc) is 2.27. The van der Waals surface area contributed by atoms with Crippen LogP contribution in [0.15, 0.2) is 12.3 Å². The highest BCUT2D eigenvalue weighted by Crippen LogP contribution is 2.30. The van der Waals surface area contributed by atoms with Crippen LogP contribution in [-0.2, 0) is 0 Å². The van der Waals surface area contributed by atoms with E-state index in [0.29, 0.717) is 17.9 Å². The predicted octanol–water partition coefficient (Wildman–Crippen LogP) is 0.919. The Hall–Kier alpha value is -1.36. The SMILES string of the molecule is CNCC1CC(Oc2ccnc(N(C)C)n2)C1. The molecule has 0 aliphatic heterocycles. The zero-order valence-corrected chi connectivity index (χ0v) is 10.7. The number of anilines is 1. The molecule has 0 radical (unpaired) electrons. The first-order chi connectivity index (χ1) is 8.19. The number of nitrogens with one attached hydrogen (secondary N) is 1. The van der Waals surface area contributed by atoms with Crippen LogP contribution < -0.4 is 15.0 Å². The molecule has 5 nitrogen and oxygen atoms in total. The van der Waals surface area contributed by atoms with Crippen molar-refractivity contribution in [1.29, 1.82) is 0 Å². The smallest absolute Gasteiger partial charge is 0.228 e. The number of aromatic nitrogens is 2. The minimum Gasteiger partial charge on any atom is -0.474 e. The van der Waals surface area contributed by atoms with Gasteiger partial charge in [-0.25, -0.2) is 4.98 Å². The van der Waals surface area contributed by atoms with Crippen molar-refractivity contribution in [2.75, 3.05) is 32.6 Å². The highest BCUT2D eigenvalue weighted by Gasteiger charge is 2.30. The molecule has 1 saturated carbocycles. The van der Waals surface area contributed by atoms with Crippen molar-refractivity contribution in [1.82, 2.24) is 15.3 Å². The second kappa shape index (κ2) is 5.31. The maximum atomic E-state index is 5.81. The van der Waals surface area contributed by atoms with Crippen LogP contribution in [0.1, 0.15) is 12.8 Å². The van der Waals surface area contributed by atoms with Crippen molar-refractivity contribution in [2.45, 2.75) is 18.9 Å². The molecular formula is C12H20N4O. The van der Waals surface area contributed by atoms with E-state index < -0.39 is 0 Å². The maximum Gasteiger partial charge on any atom is 0.228 e. The molecule has 17 heavy (non-hydrogen) atoms. The van der Waals surface area contributed by atoms with Gasteiger partial charge in [-0.1, -0.05) is 0 Å². The van der Waals surface area contributed by atoms with Crippen LogP contribution in [0.4, 0.5) is 5.95 Å². The lowest BCUT2D eigenvalue weighted by atomic mass is 9.82. The summed E-state index contributed by atoms with van der Waals surface area (Å²) in [6, 6.07) is 1.82. The summed E-state index contributed by atoms with van der Waals surface area (Å²) in [6.45, 7) is 1.08. The normalized spacial score (nSPS) is 23.0. The topological polar surface area (TPSA) is 50.3 Å². The molecule has 1 aromatic rings. The fourth-order valence-corrected chi connectivity index (χ4v) is 2.01. The third-order valence-corrected chi connectivity index (χ3v) is 2.99. The number of hydrogen-bond acceptors (Lipinski definition) is 5. The highest BCUT2D eigenvalue weighted by molar-refractivity contribution is 5.29. The Balaban J connectivity index is 1.86. The predicted molar refractivity (Wildman–Crippen MR) is 67.4 cm³/mol. The second-order valence-electron chi connectivity index (χ2n) is 4.72. The fraction of sp³-hybridized carbons (Fsp3) is 0.667. The summed E-state index contributed by atoms with van der Waals surface area (Å²) < 4.78 is 5.81. The van der Waals surface area contributed by atoms with Crippen molar-refractivity contribution < 1.29 is 4.74 Å². The van der Waals surface area contributed by atoms with E-state index in [1.54, 1.807) is 6.20 Å². The fourth-order valence-electron chi connectivity index (χ4n) is 2.01. The summed E-state index contributed by atoms with van der Waals surface area (Å²) in [5.41, 5.74) is 0. The van der Waals surface area contributed by atoms with Crippen molar-refractivity contribution in [3.8, 4) is 5.88 Å². The van der Waals surface area contributed by atoms with Gasteiger partial charge in [-0.3, -0.25) is 0 Å². The lowest BCUT2D eigenvalue weighted by Crippen LogP contribution is -2.38. The molecule has 0 saturated heterocycles. The molecule has 94 valence electrons. The van der Waals surface area contributed by atoms with Gasteiger partial charge in [0.2, 0.25) is 11.8 Å². The zero-order chi connectivity index (χ0) is 12.3. The summed E-state index contributed by atoms with van der Waals surface area (Å²) in [7, 11) is 5.83. The van der Waals surface area contributed by atoms with Crippen molar-refractivity contribution in [3.05, 3.63) is 12.3 Å². The van der Waals surface area contributed by atoms with Crippen LogP contribution in [0, 0.1) is 5.92 Å². The van der Waals surface area contributed by atoms with E-state index in [1.807, 2.05) is 32.1 Å². The lowest BCUT2D eigenvalue weighted by molar-refractivity contribution is 0.0617. The molecule has 0 spiro atoms. The van der Waals surface area contributed by atoms with E-state index in [2.05, 4.69) is 15.3 Å². The van der Waals surface area contributed by atoms with Gasteiger partial charge in [0.05, 0.1) is 0 Å². The summed E-state index contributed by atoms with van der Waals surface area (Å²) in [6.07, 6.45) is 4.28. The molecular weight excluding hydrogens is 216 g/mol. The zero-order valence-electron chi connectivity index (χ0n) is 10.7. The third kappa shape index (κ3) is 3.06. The molecule has 0 unspecified atom stereocenters. The number of ether oxygens (including phenoxy) is 1. The lowest BCUT2D eigenvalue weighted by Gasteiger charge is -2.34. The summed E-state index contributed by atoms with van der Waals surface area (Å²) in [5, 5.41) is 3.19. The van der Waals surface area contributed by atoms with Crippen LogP contribution in [-0.4, -0.2) is 43.8 Å². The van der Waals surface area contributed by atoms with Crippen LogP contribution in [0.2, 0.25) is 0 Å².